The molecule has 0 aliphatic carbocycles. The van der Waals surface area contributed by atoms with Gasteiger partial charge in [-0.25, -0.2) is 0 Å². The second kappa shape index (κ2) is 6.43. The van der Waals surface area contributed by atoms with Crippen LogP contribution in [0.25, 0.3) is 11.3 Å². The third-order valence-corrected chi connectivity index (χ3v) is 4.44. The second-order valence-corrected chi connectivity index (χ2v) is 6.19. The summed E-state index contributed by atoms with van der Waals surface area (Å²) in [5.41, 5.74) is 3.48. The van der Waals surface area contributed by atoms with Gasteiger partial charge < -0.3 is 10.1 Å². The van der Waals surface area contributed by atoms with Crippen LogP contribution in [0.5, 0.6) is 5.75 Å². The Morgan fingerprint density at radius 2 is 1.92 bits per heavy atom. The lowest BCUT2D eigenvalue weighted by atomic mass is 10.0. The fraction of sp³-hybridized carbons (Fsp3) is 0.200. The number of benzene rings is 2. The standard InChI is InChI=1S/C20H19N3O2/c1-23-19(14-7-3-2-4-8-14)17(12-21-23)20(24)22-16-11-15-9-5-6-10-18(15)25-13-16/h2-10,12,16H,11,13H2,1H3,(H,22,24). The van der Waals surface area contributed by atoms with E-state index >= 15 is 0 Å². The molecule has 0 fully saturated rings. The number of amides is 1. The minimum atomic E-state index is -0.125. The molecule has 2 aromatic carbocycles. The third-order valence-electron chi connectivity index (χ3n) is 4.44. The average molecular weight is 333 g/mol. The number of nitrogens with one attached hydrogen (secondary N) is 1. The molecular formula is C20H19N3O2. The van der Waals surface area contributed by atoms with Crippen LogP contribution in [0.4, 0.5) is 0 Å². The molecule has 25 heavy (non-hydrogen) atoms. The third kappa shape index (κ3) is 3.01. The Morgan fingerprint density at radius 1 is 1.16 bits per heavy atom. The predicted octanol–water partition coefficient (Wildman–Crippen LogP) is 2.82. The molecule has 5 nitrogen and oxygen atoms in total. The van der Waals surface area contributed by atoms with E-state index in [1.807, 2.05) is 61.6 Å². The van der Waals surface area contributed by atoms with Gasteiger partial charge >= 0.3 is 0 Å². The predicted molar refractivity (Wildman–Crippen MR) is 95.5 cm³/mol. The topological polar surface area (TPSA) is 56.2 Å². The molecule has 5 heteroatoms. The van der Waals surface area contributed by atoms with Crippen LogP contribution < -0.4 is 10.1 Å². The Bertz CT molecular complexity index is 902. The van der Waals surface area contributed by atoms with Crippen molar-refractivity contribution in [2.24, 2.45) is 7.05 Å². The van der Waals surface area contributed by atoms with Gasteiger partial charge in [0, 0.05) is 12.6 Å². The molecule has 1 aromatic heterocycles. The summed E-state index contributed by atoms with van der Waals surface area (Å²) in [7, 11) is 1.85. The van der Waals surface area contributed by atoms with E-state index in [2.05, 4.69) is 10.4 Å². The molecular weight excluding hydrogens is 314 g/mol. The highest BCUT2D eigenvalue weighted by Crippen LogP contribution is 2.25. The summed E-state index contributed by atoms with van der Waals surface area (Å²) < 4.78 is 7.49. The van der Waals surface area contributed by atoms with Crippen molar-refractivity contribution in [1.29, 1.82) is 0 Å². The lowest BCUT2D eigenvalue weighted by Gasteiger charge is -2.26. The highest BCUT2D eigenvalue weighted by molar-refractivity contribution is 6.00. The maximum atomic E-state index is 12.8. The van der Waals surface area contributed by atoms with E-state index in [-0.39, 0.29) is 11.9 Å². The highest BCUT2D eigenvalue weighted by Gasteiger charge is 2.24. The number of hydrogen-bond acceptors (Lipinski definition) is 3. The van der Waals surface area contributed by atoms with E-state index in [4.69, 9.17) is 4.74 Å². The quantitative estimate of drug-likeness (QED) is 0.802. The van der Waals surface area contributed by atoms with Crippen LogP contribution in [0.2, 0.25) is 0 Å². The van der Waals surface area contributed by atoms with Gasteiger partial charge in [-0.3, -0.25) is 9.48 Å². The van der Waals surface area contributed by atoms with Crippen molar-refractivity contribution < 1.29 is 9.53 Å². The van der Waals surface area contributed by atoms with Gasteiger partial charge in [0.2, 0.25) is 0 Å². The van der Waals surface area contributed by atoms with Crippen molar-refractivity contribution in [3.05, 3.63) is 71.9 Å². The van der Waals surface area contributed by atoms with E-state index in [0.717, 1.165) is 29.0 Å². The molecule has 0 saturated heterocycles. The monoisotopic (exact) mass is 333 g/mol. The number of hydrogen-bond donors (Lipinski definition) is 1. The van der Waals surface area contributed by atoms with Crippen LogP contribution in [-0.2, 0) is 13.5 Å². The first-order valence-electron chi connectivity index (χ1n) is 8.31. The first-order valence-corrected chi connectivity index (χ1v) is 8.31. The van der Waals surface area contributed by atoms with E-state index < -0.39 is 0 Å². The Labute approximate surface area is 146 Å². The summed E-state index contributed by atoms with van der Waals surface area (Å²) >= 11 is 0. The van der Waals surface area contributed by atoms with E-state index in [0.29, 0.717) is 12.2 Å². The summed E-state index contributed by atoms with van der Waals surface area (Å²) in [4.78, 5) is 12.8. The van der Waals surface area contributed by atoms with Gasteiger partial charge in [0.25, 0.3) is 5.91 Å². The second-order valence-electron chi connectivity index (χ2n) is 6.19. The normalized spacial score (nSPS) is 16.0. The molecule has 0 radical (unpaired) electrons. The molecule has 0 bridgehead atoms. The summed E-state index contributed by atoms with van der Waals surface area (Å²) in [5, 5.41) is 7.35. The molecule has 1 unspecified atom stereocenters. The fourth-order valence-corrected chi connectivity index (χ4v) is 3.23. The summed E-state index contributed by atoms with van der Waals surface area (Å²) in [6.07, 6.45) is 2.39. The number of para-hydroxylation sites is 1. The van der Waals surface area contributed by atoms with Gasteiger partial charge in [0.15, 0.2) is 0 Å². The van der Waals surface area contributed by atoms with Gasteiger partial charge in [-0.1, -0.05) is 48.5 Å². The molecule has 0 spiro atoms. The summed E-state index contributed by atoms with van der Waals surface area (Å²) in [6.45, 7) is 0.476. The molecule has 126 valence electrons. The van der Waals surface area contributed by atoms with Crippen molar-refractivity contribution in [3.63, 3.8) is 0 Å². The lowest BCUT2D eigenvalue weighted by molar-refractivity contribution is 0.0916. The first-order chi connectivity index (χ1) is 12.2. The maximum absolute atomic E-state index is 12.8. The van der Waals surface area contributed by atoms with Crippen LogP contribution in [0.15, 0.2) is 60.8 Å². The summed E-state index contributed by atoms with van der Waals surface area (Å²) in [5.74, 6) is 0.777. The van der Waals surface area contributed by atoms with Gasteiger partial charge in [-0.15, -0.1) is 0 Å². The smallest absolute Gasteiger partial charge is 0.255 e. The van der Waals surface area contributed by atoms with Gasteiger partial charge in [-0.05, 0) is 18.1 Å². The Balaban J connectivity index is 1.55. The average Bonchev–Trinajstić information content (AvgIpc) is 3.04. The molecule has 2 heterocycles. The largest absolute Gasteiger partial charge is 0.491 e. The first kappa shape index (κ1) is 15.4. The number of aromatic nitrogens is 2. The van der Waals surface area contributed by atoms with Crippen molar-refractivity contribution in [1.82, 2.24) is 15.1 Å². The zero-order valence-electron chi connectivity index (χ0n) is 14.0. The maximum Gasteiger partial charge on any atom is 0.255 e. The van der Waals surface area contributed by atoms with E-state index in [9.17, 15) is 4.79 Å². The molecule has 4 rings (SSSR count). The van der Waals surface area contributed by atoms with Crippen LogP contribution in [0.1, 0.15) is 15.9 Å². The minimum absolute atomic E-state index is 0.0498. The van der Waals surface area contributed by atoms with Gasteiger partial charge in [0.05, 0.1) is 23.5 Å². The zero-order valence-corrected chi connectivity index (χ0v) is 14.0. The van der Waals surface area contributed by atoms with Crippen molar-refractivity contribution in [2.45, 2.75) is 12.5 Å². The number of ether oxygens (including phenoxy) is 1. The lowest BCUT2D eigenvalue weighted by Crippen LogP contribution is -2.42. The molecule has 1 aliphatic heterocycles. The molecule has 1 N–H and O–H groups in total. The van der Waals surface area contributed by atoms with Crippen molar-refractivity contribution >= 4 is 5.91 Å². The number of aryl methyl sites for hydroxylation is 1. The van der Waals surface area contributed by atoms with Gasteiger partial charge in [-0.2, -0.15) is 5.10 Å². The number of carbonyl (C=O) groups excluding carboxylic acids is 1. The minimum Gasteiger partial charge on any atom is -0.491 e. The zero-order chi connectivity index (χ0) is 17.2. The van der Waals surface area contributed by atoms with Crippen LogP contribution in [0.3, 0.4) is 0 Å². The van der Waals surface area contributed by atoms with Gasteiger partial charge in [0.1, 0.15) is 12.4 Å². The van der Waals surface area contributed by atoms with Crippen molar-refractivity contribution in [2.75, 3.05) is 6.61 Å². The number of nitrogens with zero attached hydrogens (tertiary/aromatic N) is 2. The van der Waals surface area contributed by atoms with Crippen molar-refractivity contribution in [3.8, 4) is 17.0 Å². The molecule has 3 aromatic rings. The Hall–Kier alpha value is -3.08. The highest BCUT2D eigenvalue weighted by atomic mass is 16.5. The number of carbonyl (C=O) groups is 1. The molecule has 1 atom stereocenters. The molecule has 1 aliphatic rings. The fourth-order valence-electron chi connectivity index (χ4n) is 3.23. The van der Waals surface area contributed by atoms with Crippen LogP contribution in [0, 0.1) is 0 Å². The molecule has 1 amide bonds. The van der Waals surface area contributed by atoms with E-state index in [1.165, 1.54) is 0 Å². The molecule has 0 saturated carbocycles. The Morgan fingerprint density at radius 3 is 2.76 bits per heavy atom. The Kier molecular flexibility index (Phi) is 3.98. The van der Waals surface area contributed by atoms with Crippen LogP contribution >= 0.6 is 0 Å². The number of fused-ring (bicyclic) bond motifs is 1. The van der Waals surface area contributed by atoms with E-state index in [1.54, 1.807) is 10.9 Å². The van der Waals surface area contributed by atoms with Crippen LogP contribution in [-0.4, -0.2) is 28.3 Å². The summed E-state index contributed by atoms with van der Waals surface area (Å²) in [6, 6.07) is 17.7. The SMILES string of the molecule is Cn1ncc(C(=O)NC2COc3ccccc3C2)c1-c1ccccc1. The number of rotatable bonds is 3.